The summed E-state index contributed by atoms with van der Waals surface area (Å²) in [5, 5.41) is 9.35. The molecule has 17 heavy (non-hydrogen) atoms. The normalized spacial score (nSPS) is 20.1. The van der Waals surface area contributed by atoms with Crippen molar-refractivity contribution in [2.75, 3.05) is 0 Å². The van der Waals surface area contributed by atoms with Crippen molar-refractivity contribution >= 4 is 5.97 Å². The monoisotopic (exact) mass is 236 g/mol. The first kappa shape index (κ1) is 12.1. The largest absolute Gasteiger partial charge is 0.481 e. The van der Waals surface area contributed by atoms with Gasteiger partial charge in [0.15, 0.2) is 0 Å². The standard InChI is InChI=1S/C14H17FO2/c1-10-6-2-3-7-11(10)12(15)14(13(16)17)8-4-5-9-14/h2-3,6-7,12H,4-5,8-9H2,1H3,(H,16,17). The van der Waals surface area contributed by atoms with Gasteiger partial charge in [-0.05, 0) is 30.9 Å². The predicted molar refractivity (Wildman–Crippen MR) is 63.6 cm³/mol. The van der Waals surface area contributed by atoms with E-state index >= 15 is 0 Å². The Morgan fingerprint density at radius 2 is 1.94 bits per heavy atom. The third kappa shape index (κ3) is 1.94. The molecule has 92 valence electrons. The molecule has 0 heterocycles. The van der Waals surface area contributed by atoms with Gasteiger partial charge in [-0.15, -0.1) is 0 Å². The summed E-state index contributed by atoms with van der Waals surface area (Å²) in [7, 11) is 0. The van der Waals surface area contributed by atoms with Gasteiger partial charge in [-0.25, -0.2) is 4.39 Å². The molecule has 1 N–H and O–H groups in total. The molecule has 1 unspecified atom stereocenters. The number of aliphatic carboxylic acids is 1. The minimum absolute atomic E-state index is 0.442. The first-order valence-electron chi connectivity index (χ1n) is 6.01. The maximum atomic E-state index is 14.6. The number of carboxylic acids is 1. The molecule has 1 aromatic carbocycles. The van der Waals surface area contributed by atoms with Crippen molar-refractivity contribution in [3.8, 4) is 0 Å². The van der Waals surface area contributed by atoms with Crippen LogP contribution in [0.3, 0.4) is 0 Å². The van der Waals surface area contributed by atoms with Gasteiger partial charge in [0.1, 0.15) is 11.6 Å². The Bertz CT molecular complexity index is 422. The summed E-state index contributed by atoms with van der Waals surface area (Å²) in [5.41, 5.74) is 0.149. The molecule has 0 saturated heterocycles. The second kappa shape index (κ2) is 4.47. The fraction of sp³-hybridized carbons (Fsp3) is 0.500. The smallest absolute Gasteiger partial charge is 0.312 e. The summed E-state index contributed by atoms with van der Waals surface area (Å²) in [6.07, 6.45) is 1.09. The number of aryl methyl sites for hydroxylation is 1. The molecule has 0 aliphatic heterocycles. The molecule has 1 aromatic rings. The lowest BCUT2D eigenvalue weighted by Gasteiger charge is -2.29. The molecule has 1 saturated carbocycles. The van der Waals surface area contributed by atoms with Crippen molar-refractivity contribution in [3.63, 3.8) is 0 Å². The Labute approximate surface area is 100 Å². The summed E-state index contributed by atoms with van der Waals surface area (Å²) in [5.74, 6) is -0.995. The first-order valence-corrected chi connectivity index (χ1v) is 6.01. The van der Waals surface area contributed by atoms with Crippen LogP contribution in [-0.4, -0.2) is 11.1 Å². The van der Waals surface area contributed by atoms with E-state index in [2.05, 4.69) is 0 Å². The van der Waals surface area contributed by atoms with Crippen LogP contribution in [0.15, 0.2) is 24.3 Å². The zero-order valence-corrected chi connectivity index (χ0v) is 9.95. The number of alkyl halides is 1. The number of benzene rings is 1. The van der Waals surface area contributed by atoms with Crippen LogP contribution in [-0.2, 0) is 4.79 Å². The number of carboxylic acid groups (broad SMARTS) is 1. The predicted octanol–water partition coefficient (Wildman–Crippen LogP) is 3.65. The van der Waals surface area contributed by atoms with Gasteiger partial charge in [0.05, 0.1) is 0 Å². The number of halogens is 1. The van der Waals surface area contributed by atoms with Crippen molar-refractivity contribution in [1.29, 1.82) is 0 Å². The Morgan fingerprint density at radius 3 is 2.47 bits per heavy atom. The zero-order chi connectivity index (χ0) is 12.5. The summed E-state index contributed by atoms with van der Waals surface area (Å²) >= 11 is 0. The average molecular weight is 236 g/mol. The molecular formula is C14H17FO2. The highest BCUT2D eigenvalue weighted by Gasteiger charge is 2.49. The van der Waals surface area contributed by atoms with Gasteiger partial charge < -0.3 is 5.11 Å². The third-order valence-electron chi connectivity index (χ3n) is 3.87. The van der Waals surface area contributed by atoms with E-state index in [1.807, 2.05) is 19.1 Å². The summed E-state index contributed by atoms with van der Waals surface area (Å²) in [6.45, 7) is 1.83. The molecule has 2 rings (SSSR count). The first-order chi connectivity index (χ1) is 8.08. The van der Waals surface area contributed by atoms with Crippen molar-refractivity contribution in [2.45, 2.75) is 38.8 Å². The number of rotatable bonds is 3. The zero-order valence-electron chi connectivity index (χ0n) is 9.95. The molecule has 0 amide bonds. The van der Waals surface area contributed by atoms with E-state index in [-0.39, 0.29) is 0 Å². The lowest BCUT2D eigenvalue weighted by atomic mass is 9.77. The molecule has 0 spiro atoms. The molecule has 2 nitrogen and oxygen atoms in total. The van der Waals surface area contributed by atoms with Crippen LogP contribution in [0.25, 0.3) is 0 Å². The van der Waals surface area contributed by atoms with E-state index < -0.39 is 17.6 Å². The van der Waals surface area contributed by atoms with Gasteiger partial charge in [-0.2, -0.15) is 0 Å². The highest BCUT2D eigenvalue weighted by atomic mass is 19.1. The van der Waals surface area contributed by atoms with E-state index in [0.29, 0.717) is 18.4 Å². The number of carbonyl (C=O) groups is 1. The van der Waals surface area contributed by atoms with E-state index in [9.17, 15) is 14.3 Å². The highest BCUT2D eigenvalue weighted by Crippen LogP contribution is 2.50. The average Bonchev–Trinajstić information content (AvgIpc) is 2.79. The maximum Gasteiger partial charge on any atom is 0.312 e. The molecule has 1 aliphatic carbocycles. The minimum atomic E-state index is -1.40. The highest BCUT2D eigenvalue weighted by molar-refractivity contribution is 5.76. The van der Waals surface area contributed by atoms with E-state index in [4.69, 9.17) is 0 Å². The quantitative estimate of drug-likeness (QED) is 0.869. The minimum Gasteiger partial charge on any atom is -0.481 e. The maximum absolute atomic E-state index is 14.6. The molecule has 1 fully saturated rings. The second-order valence-corrected chi connectivity index (χ2v) is 4.89. The lowest BCUT2D eigenvalue weighted by Crippen LogP contribution is -2.33. The molecule has 3 heteroatoms. The summed E-state index contributed by atoms with van der Waals surface area (Å²) in [4.78, 5) is 11.4. The van der Waals surface area contributed by atoms with Crippen LogP contribution < -0.4 is 0 Å². The molecular weight excluding hydrogens is 219 g/mol. The van der Waals surface area contributed by atoms with Crippen LogP contribution in [0.1, 0.15) is 43.0 Å². The van der Waals surface area contributed by atoms with Gasteiger partial charge in [-0.3, -0.25) is 4.79 Å². The van der Waals surface area contributed by atoms with Crippen LogP contribution in [0.4, 0.5) is 4.39 Å². The van der Waals surface area contributed by atoms with E-state index in [1.165, 1.54) is 0 Å². The van der Waals surface area contributed by atoms with Crippen molar-refractivity contribution < 1.29 is 14.3 Å². The van der Waals surface area contributed by atoms with Crippen molar-refractivity contribution in [1.82, 2.24) is 0 Å². The molecule has 1 aliphatic rings. The van der Waals surface area contributed by atoms with Gasteiger partial charge >= 0.3 is 5.97 Å². The van der Waals surface area contributed by atoms with Crippen LogP contribution in [0, 0.1) is 12.3 Å². The molecule has 0 aromatic heterocycles. The summed E-state index contributed by atoms with van der Waals surface area (Å²) in [6, 6.07) is 7.13. The summed E-state index contributed by atoms with van der Waals surface area (Å²) < 4.78 is 14.6. The molecule has 1 atom stereocenters. The third-order valence-corrected chi connectivity index (χ3v) is 3.87. The molecule has 0 bridgehead atoms. The van der Waals surface area contributed by atoms with E-state index in [1.54, 1.807) is 12.1 Å². The van der Waals surface area contributed by atoms with Gasteiger partial charge in [0, 0.05) is 0 Å². The van der Waals surface area contributed by atoms with Crippen molar-refractivity contribution in [3.05, 3.63) is 35.4 Å². The van der Waals surface area contributed by atoms with Gasteiger partial charge in [0.2, 0.25) is 0 Å². The van der Waals surface area contributed by atoms with Gasteiger partial charge in [-0.1, -0.05) is 37.1 Å². The Hall–Kier alpha value is -1.38. The number of hydrogen-bond acceptors (Lipinski definition) is 1. The Morgan fingerprint density at radius 1 is 1.35 bits per heavy atom. The topological polar surface area (TPSA) is 37.3 Å². The fourth-order valence-electron chi connectivity index (χ4n) is 2.75. The lowest BCUT2D eigenvalue weighted by molar-refractivity contribution is -0.153. The second-order valence-electron chi connectivity index (χ2n) is 4.89. The van der Waals surface area contributed by atoms with Gasteiger partial charge in [0.25, 0.3) is 0 Å². The molecule has 0 radical (unpaired) electrons. The van der Waals surface area contributed by atoms with Crippen molar-refractivity contribution in [2.24, 2.45) is 5.41 Å². The van der Waals surface area contributed by atoms with Crippen LogP contribution in [0.2, 0.25) is 0 Å². The van der Waals surface area contributed by atoms with Crippen LogP contribution >= 0.6 is 0 Å². The van der Waals surface area contributed by atoms with Crippen LogP contribution in [0.5, 0.6) is 0 Å². The Balaban J connectivity index is 2.38. The fourth-order valence-corrected chi connectivity index (χ4v) is 2.75. The SMILES string of the molecule is Cc1ccccc1C(F)C1(C(=O)O)CCCC1. The van der Waals surface area contributed by atoms with E-state index in [0.717, 1.165) is 18.4 Å². The number of hydrogen-bond donors (Lipinski definition) is 1. The Kier molecular flexibility index (Phi) is 3.18.